The average molecular weight is 585 g/mol. The molecule has 4 nitrogen and oxygen atoms in total. The Labute approximate surface area is 263 Å². The number of hydrogen-bond acceptors (Lipinski definition) is 4. The van der Waals surface area contributed by atoms with E-state index in [9.17, 15) is 0 Å². The van der Waals surface area contributed by atoms with E-state index in [1.54, 1.807) is 22.3 Å². The molecule has 228 valence electrons. The van der Waals surface area contributed by atoms with Gasteiger partial charge < -0.3 is 5.32 Å². The summed E-state index contributed by atoms with van der Waals surface area (Å²) in [4.78, 5) is 0. The molecule has 44 heavy (non-hydrogen) atoms. The molecule has 0 aromatic heterocycles. The highest BCUT2D eigenvalue weighted by atomic mass is 15.4. The number of rotatable bonds is 5. The summed E-state index contributed by atoms with van der Waals surface area (Å²) in [5, 5.41) is 16.0. The van der Waals surface area contributed by atoms with Crippen molar-refractivity contribution >= 4 is 12.2 Å². The maximum atomic E-state index is 4.13. The molecular formula is C40H48N4. The van der Waals surface area contributed by atoms with Crippen molar-refractivity contribution in [2.45, 2.75) is 88.6 Å². The van der Waals surface area contributed by atoms with Crippen LogP contribution in [0.5, 0.6) is 0 Å². The Morgan fingerprint density at radius 1 is 0.727 bits per heavy atom. The predicted molar refractivity (Wildman–Crippen MR) is 184 cm³/mol. The van der Waals surface area contributed by atoms with E-state index < -0.39 is 0 Å². The molecule has 4 heteroatoms. The van der Waals surface area contributed by atoms with Gasteiger partial charge in [-0.05, 0) is 116 Å². The van der Waals surface area contributed by atoms with Gasteiger partial charge in [-0.3, -0.25) is 16.0 Å². The Balaban J connectivity index is 1.16. The third-order valence-electron chi connectivity index (χ3n) is 11.2. The Kier molecular flexibility index (Phi) is 8.15. The van der Waals surface area contributed by atoms with Crippen molar-refractivity contribution in [3.05, 3.63) is 118 Å². The highest BCUT2D eigenvalue weighted by Crippen LogP contribution is 2.49. The SMILES string of the molecule is C1=CCNC(C2CCC(C3NC(C4=CCCC=C4)NC(C4C=CC=CC4)N3)CC2c2c3c(cc4c2CCC=C4)CCC=C3)=C1. The van der Waals surface area contributed by atoms with Gasteiger partial charge >= 0.3 is 0 Å². The normalized spacial score (nSPS) is 34.1. The Morgan fingerprint density at radius 2 is 1.64 bits per heavy atom. The van der Waals surface area contributed by atoms with Gasteiger partial charge in [-0.15, -0.1) is 0 Å². The minimum Gasteiger partial charge on any atom is -0.385 e. The van der Waals surface area contributed by atoms with Crippen molar-refractivity contribution < 1.29 is 0 Å². The first-order valence-corrected chi connectivity index (χ1v) is 17.4. The second-order valence-electron chi connectivity index (χ2n) is 13.8. The molecule has 7 atom stereocenters. The molecule has 7 unspecified atom stereocenters. The summed E-state index contributed by atoms with van der Waals surface area (Å²) in [6, 6.07) is 2.52. The highest BCUT2D eigenvalue weighted by Gasteiger charge is 2.42. The molecule has 2 aliphatic heterocycles. The molecule has 4 N–H and O–H groups in total. The van der Waals surface area contributed by atoms with Crippen LogP contribution in [0.1, 0.15) is 85.1 Å². The zero-order chi connectivity index (χ0) is 29.3. The van der Waals surface area contributed by atoms with Crippen molar-refractivity contribution in [1.82, 2.24) is 21.3 Å². The Bertz CT molecular complexity index is 1500. The van der Waals surface area contributed by atoms with Crippen LogP contribution < -0.4 is 21.3 Å². The summed E-state index contributed by atoms with van der Waals surface area (Å²) in [6.45, 7) is 0.943. The molecule has 0 spiro atoms. The molecule has 1 saturated heterocycles. The molecule has 5 aliphatic carbocycles. The minimum atomic E-state index is 0.177. The summed E-state index contributed by atoms with van der Waals surface area (Å²) in [5.74, 6) is 2.04. The minimum absolute atomic E-state index is 0.177. The van der Waals surface area contributed by atoms with Gasteiger partial charge in [0, 0.05) is 24.1 Å². The van der Waals surface area contributed by atoms with E-state index in [0.717, 1.165) is 45.1 Å². The third kappa shape index (κ3) is 5.57. The van der Waals surface area contributed by atoms with E-state index in [2.05, 4.69) is 112 Å². The van der Waals surface area contributed by atoms with E-state index in [1.807, 2.05) is 0 Å². The lowest BCUT2D eigenvalue weighted by molar-refractivity contribution is 0.109. The van der Waals surface area contributed by atoms with Crippen molar-refractivity contribution in [3.63, 3.8) is 0 Å². The first kappa shape index (κ1) is 28.3. The highest BCUT2D eigenvalue weighted by molar-refractivity contribution is 5.70. The number of dihydropyridines is 1. The number of benzene rings is 1. The molecule has 0 amide bonds. The van der Waals surface area contributed by atoms with Gasteiger partial charge in [0.05, 0.1) is 18.5 Å². The molecule has 7 aliphatic rings. The Morgan fingerprint density at radius 3 is 2.50 bits per heavy atom. The lowest BCUT2D eigenvalue weighted by Gasteiger charge is -2.48. The largest absolute Gasteiger partial charge is 0.385 e. The van der Waals surface area contributed by atoms with E-state index in [-0.39, 0.29) is 18.5 Å². The molecule has 2 fully saturated rings. The zero-order valence-electron chi connectivity index (χ0n) is 26.0. The maximum Gasteiger partial charge on any atom is 0.0856 e. The van der Waals surface area contributed by atoms with Gasteiger partial charge in [0.1, 0.15) is 0 Å². The van der Waals surface area contributed by atoms with Crippen LogP contribution >= 0.6 is 0 Å². The summed E-state index contributed by atoms with van der Waals surface area (Å²) < 4.78 is 0. The molecule has 8 rings (SSSR count). The number of allylic oxidation sites excluding steroid dienone is 10. The van der Waals surface area contributed by atoms with Crippen molar-refractivity contribution in [1.29, 1.82) is 0 Å². The molecule has 1 aromatic carbocycles. The fraction of sp³-hybridized carbons (Fsp3) is 0.450. The lowest BCUT2D eigenvalue weighted by atomic mass is 9.65. The van der Waals surface area contributed by atoms with Gasteiger partial charge in [0.15, 0.2) is 0 Å². The predicted octanol–water partition coefficient (Wildman–Crippen LogP) is 7.32. The second-order valence-corrected chi connectivity index (χ2v) is 13.8. The van der Waals surface area contributed by atoms with E-state index >= 15 is 0 Å². The molecular weight excluding hydrogens is 536 g/mol. The topological polar surface area (TPSA) is 48.1 Å². The van der Waals surface area contributed by atoms with Crippen LogP contribution in [0.2, 0.25) is 0 Å². The quantitative estimate of drug-likeness (QED) is 0.293. The van der Waals surface area contributed by atoms with Crippen LogP contribution in [-0.2, 0) is 12.8 Å². The monoisotopic (exact) mass is 584 g/mol. The number of nitrogens with one attached hydrogen (secondary N) is 4. The van der Waals surface area contributed by atoms with Gasteiger partial charge in [0.25, 0.3) is 0 Å². The third-order valence-corrected chi connectivity index (χ3v) is 11.2. The lowest BCUT2D eigenvalue weighted by Crippen LogP contribution is -2.71. The van der Waals surface area contributed by atoms with Crippen molar-refractivity contribution in [2.75, 3.05) is 6.54 Å². The fourth-order valence-electron chi connectivity index (χ4n) is 9.01. The standard InChI is InChI=1S/C40H48N4/c1-3-13-27(14-4-1)38-42-39(28-15-5-2-6-16-28)44-40(43-38)31-22-23-34(36-21-11-12-24-41-36)35(26-31)37-32-19-9-7-17-29(32)25-30-18-8-10-20-33(30)37/h1,3-5,7,10-13,15-17,20-21,25,27,31,34-35,38-44H,2,6,8-9,14,18-19,22-24,26H2. The number of aryl methyl sites for hydroxylation is 1. The smallest absolute Gasteiger partial charge is 0.0856 e. The molecule has 0 bridgehead atoms. The fourth-order valence-corrected chi connectivity index (χ4v) is 9.01. The first-order valence-electron chi connectivity index (χ1n) is 17.4. The van der Waals surface area contributed by atoms with Crippen LogP contribution in [0.3, 0.4) is 0 Å². The molecule has 1 saturated carbocycles. The summed E-state index contributed by atoms with van der Waals surface area (Å²) in [5.41, 5.74) is 10.7. The average Bonchev–Trinajstić information content (AvgIpc) is 3.11. The van der Waals surface area contributed by atoms with Gasteiger partial charge in [-0.25, -0.2) is 0 Å². The van der Waals surface area contributed by atoms with Gasteiger partial charge in [-0.2, -0.15) is 0 Å². The maximum absolute atomic E-state index is 4.13. The van der Waals surface area contributed by atoms with Crippen LogP contribution in [0.25, 0.3) is 12.2 Å². The summed E-state index contributed by atoms with van der Waals surface area (Å²) >= 11 is 0. The summed E-state index contributed by atoms with van der Waals surface area (Å²) in [7, 11) is 0. The van der Waals surface area contributed by atoms with Crippen LogP contribution in [0.4, 0.5) is 0 Å². The van der Waals surface area contributed by atoms with E-state index in [1.165, 1.54) is 42.5 Å². The molecule has 2 heterocycles. The first-order chi connectivity index (χ1) is 21.8. The molecule has 0 radical (unpaired) electrons. The number of hydrogen-bond donors (Lipinski definition) is 4. The van der Waals surface area contributed by atoms with Crippen molar-refractivity contribution in [3.8, 4) is 0 Å². The van der Waals surface area contributed by atoms with Crippen molar-refractivity contribution in [2.24, 2.45) is 17.8 Å². The zero-order valence-corrected chi connectivity index (χ0v) is 26.0. The van der Waals surface area contributed by atoms with Crippen LogP contribution in [-0.4, -0.2) is 25.0 Å². The Hall–Kier alpha value is -3.18. The number of fused-ring (bicyclic) bond motifs is 2. The van der Waals surface area contributed by atoms with E-state index in [0.29, 0.717) is 23.7 Å². The summed E-state index contributed by atoms with van der Waals surface area (Å²) in [6.07, 6.45) is 45.2. The second kappa shape index (κ2) is 12.7. The van der Waals surface area contributed by atoms with Crippen LogP contribution in [0.15, 0.2) is 90.2 Å². The van der Waals surface area contributed by atoms with E-state index in [4.69, 9.17) is 0 Å². The molecule has 1 aromatic rings. The van der Waals surface area contributed by atoms with Gasteiger partial charge in [-0.1, -0.05) is 85.1 Å². The van der Waals surface area contributed by atoms with Gasteiger partial charge in [0.2, 0.25) is 0 Å². The van der Waals surface area contributed by atoms with Crippen LogP contribution in [0, 0.1) is 17.8 Å².